The molecule has 32 heavy (non-hydrogen) atoms. The molecule has 2 aromatic heterocycles. The first kappa shape index (κ1) is 23.5. The van der Waals surface area contributed by atoms with E-state index in [2.05, 4.69) is 20.6 Å². The number of likely N-dealkylation sites (tertiary alicyclic amines) is 1. The second-order valence-electron chi connectivity index (χ2n) is 8.16. The van der Waals surface area contributed by atoms with E-state index >= 15 is 0 Å². The normalized spacial score (nSPS) is 15.8. The largest absolute Gasteiger partial charge is 0.380 e. The number of pyridine rings is 2. The molecule has 5 N–H and O–H groups in total. The van der Waals surface area contributed by atoms with Gasteiger partial charge in [-0.2, -0.15) is 0 Å². The number of H-pyrrole nitrogens is 1. The summed E-state index contributed by atoms with van der Waals surface area (Å²) in [5.74, 6) is 1.65. The fourth-order valence-corrected chi connectivity index (χ4v) is 3.49. The summed E-state index contributed by atoms with van der Waals surface area (Å²) < 4.78 is 0. The van der Waals surface area contributed by atoms with Gasteiger partial charge in [0.2, 0.25) is 5.91 Å². The molecule has 0 aromatic carbocycles. The highest BCUT2D eigenvalue weighted by Gasteiger charge is 2.21. The molecule has 1 amide bonds. The van der Waals surface area contributed by atoms with Gasteiger partial charge in [0.05, 0.1) is 0 Å². The quantitative estimate of drug-likeness (QED) is 0.494. The molecule has 1 aliphatic carbocycles. The van der Waals surface area contributed by atoms with Crippen LogP contribution in [0, 0.1) is 5.92 Å². The van der Waals surface area contributed by atoms with E-state index < -0.39 is 0 Å². The van der Waals surface area contributed by atoms with Gasteiger partial charge in [0.25, 0.3) is 5.56 Å². The monoisotopic (exact) mass is 438 g/mol. The SMILES string of the molecule is CNc1cc(-c2c[nH]c(=O)c(NCC3CC3)c2)ccn1.NC/C=C/C(=O)N1CCCCC1. The molecule has 1 saturated heterocycles. The third kappa shape index (κ3) is 7.23. The van der Waals surface area contributed by atoms with Crippen molar-refractivity contribution < 1.29 is 4.79 Å². The highest BCUT2D eigenvalue weighted by atomic mass is 16.2. The minimum Gasteiger partial charge on any atom is -0.380 e. The number of nitrogens with two attached hydrogens (primary N) is 1. The first-order chi connectivity index (χ1) is 15.6. The standard InChI is InChI=1S/C15H18N4O.C9H16N2O/c1-16-14-7-11(4-5-17-14)12-6-13(15(20)19-9-12)18-8-10-2-3-10;10-6-4-5-9(12)11-7-2-1-3-8-11/h4-7,9-10,18H,2-3,8H2,1H3,(H,16,17)(H,19,20);4-5H,1-3,6-8,10H2/b;5-4+. The Morgan fingerprint density at radius 1 is 1.25 bits per heavy atom. The molecule has 8 heteroatoms. The Hall–Kier alpha value is -3.13. The van der Waals surface area contributed by atoms with E-state index in [4.69, 9.17) is 5.73 Å². The molecule has 0 atom stereocenters. The number of carbonyl (C=O) groups is 1. The van der Waals surface area contributed by atoms with Gasteiger partial charge in [0, 0.05) is 57.3 Å². The van der Waals surface area contributed by atoms with Gasteiger partial charge < -0.3 is 26.3 Å². The van der Waals surface area contributed by atoms with Gasteiger partial charge in [0.1, 0.15) is 11.5 Å². The predicted molar refractivity (Wildman–Crippen MR) is 130 cm³/mol. The number of amides is 1. The van der Waals surface area contributed by atoms with Crippen molar-refractivity contribution in [3.05, 3.63) is 53.1 Å². The van der Waals surface area contributed by atoms with Crippen molar-refractivity contribution in [3.63, 3.8) is 0 Å². The molecule has 0 spiro atoms. The maximum absolute atomic E-state index is 11.8. The van der Waals surface area contributed by atoms with Crippen molar-refractivity contribution in [3.8, 4) is 11.1 Å². The fourth-order valence-electron chi connectivity index (χ4n) is 3.49. The molecule has 8 nitrogen and oxygen atoms in total. The van der Waals surface area contributed by atoms with E-state index in [0.29, 0.717) is 12.2 Å². The maximum atomic E-state index is 11.8. The Balaban J connectivity index is 0.000000207. The van der Waals surface area contributed by atoms with Gasteiger partial charge in [-0.3, -0.25) is 9.59 Å². The number of aromatic nitrogens is 2. The average molecular weight is 439 g/mol. The van der Waals surface area contributed by atoms with Crippen molar-refractivity contribution in [1.82, 2.24) is 14.9 Å². The number of carbonyl (C=O) groups excluding carboxylic acids is 1. The van der Waals surface area contributed by atoms with Gasteiger partial charge in [-0.1, -0.05) is 6.08 Å². The van der Waals surface area contributed by atoms with Crippen molar-refractivity contribution in [1.29, 1.82) is 0 Å². The molecule has 1 aliphatic heterocycles. The number of hydrogen-bond donors (Lipinski definition) is 4. The van der Waals surface area contributed by atoms with Crippen LogP contribution in [0.2, 0.25) is 0 Å². The molecule has 0 unspecified atom stereocenters. The van der Waals surface area contributed by atoms with E-state index in [0.717, 1.165) is 55.3 Å². The van der Waals surface area contributed by atoms with E-state index in [1.54, 1.807) is 24.5 Å². The van der Waals surface area contributed by atoms with Crippen LogP contribution in [0.1, 0.15) is 32.1 Å². The summed E-state index contributed by atoms with van der Waals surface area (Å²) in [6.07, 6.45) is 12.8. The Morgan fingerprint density at radius 2 is 2.03 bits per heavy atom. The molecule has 2 aromatic rings. The lowest BCUT2D eigenvalue weighted by Gasteiger charge is -2.25. The zero-order valence-electron chi connectivity index (χ0n) is 18.8. The second-order valence-corrected chi connectivity index (χ2v) is 8.16. The zero-order chi connectivity index (χ0) is 22.8. The van der Waals surface area contributed by atoms with Crippen LogP contribution in [0.5, 0.6) is 0 Å². The molecule has 2 aliphatic rings. The number of aromatic amines is 1. The van der Waals surface area contributed by atoms with E-state index in [1.165, 1.54) is 19.3 Å². The minimum atomic E-state index is -0.0719. The van der Waals surface area contributed by atoms with Crippen LogP contribution in [0.4, 0.5) is 11.5 Å². The third-order valence-electron chi connectivity index (χ3n) is 5.59. The number of piperidine rings is 1. The van der Waals surface area contributed by atoms with Gasteiger partial charge >= 0.3 is 0 Å². The van der Waals surface area contributed by atoms with Crippen LogP contribution >= 0.6 is 0 Å². The number of nitrogens with zero attached hydrogens (tertiary/aromatic N) is 2. The van der Waals surface area contributed by atoms with Crippen molar-refractivity contribution >= 4 is 17.4 Å². The van der Waals surface area contributed by atoms with Gasteiger partial charge in [-0.05, 0) is 61.8 Å². The smallest absolute Gasteiger partial charge is 0.271 e. The highest BCUT2D eigenvalue weighted by molar-refractivity contribution is 5.87. The first-order valence-corrected chi connectivity index (χ1v) is 11.4. The van der Waals surface area contributed by atoms with Gasteiger partial charge in [-0.25, -0.2) is 4.98 Å². The molecule has 3 heterocycles. The summed E-state index contributed by atoms with van der Waals surface area (Å²) in [5.41, 5.74) is 7.81. The predicted octanol–water partition coefficient (Wildman–Crippen LogP) is 2.81. The Morgan fingerprint density at radius 3 is 2.72 bits per heavy atom. The molecule has 172 valence electrons. The van der Waals surface area contributed by atoms with E-state index in [9.17, 15) is 9.59 Å². The summed E-state index contributed by atoms with van der Waals surface area (Å²) >= 11 is 0. The van der Waals surface area contributed by atoms with Crippen LogP contribution in [-0.2, 0) is 4.79 Å². The number of nitrogens with one attached hydrogen (secondary N) is 3. The van der Waals surface area contributed by atoms with Crippen LogP contribution in [-0.4, -0.2) is 54.0 Å². The number of rotatable bonds is 7. The topological polar surface area (TPSA) is 116 Å². The number of anilines is 2. The molecule has 0 bridgehead atoms. The summed E-state index contributed by atoms with van der Waals surface area (Å²) in [7, 11) is 1.83. The Labute approximate surface area is 189 Å². The van der Waals surface area contributed by atoms with Crippen LogP contribution in [0.25, 0.3) is 11.1 Å². The first-order valence-electron chi connectivity index (χ1n) is 11.4. The molecular formula is C24H34N6O2. The minimum absolute atomic E-state index is 0.0719. The third-order valence-corrected chi connectivity index (χ3v) is 5.59. The summed E-state index contributed by atoms with van der Waals surface area (Å²) in [6.45, 7) is 3.14. The van der Waals surface area contributed by atoms with Crippen molar-refractivity contribution in [2.45, 2.75) is 32.1 Å². The van der Waals surface area contributed by atoms with Crippen molar-refractivity contribution in [2.75, 3.05) is 43.9 Å². The summed E-state index contributed by atoms with van der Waals surface area (Å²) in [6, 6.07) is 5.79. The van der Waals surface area contributed by atoms with Gasteiger partial charge in [-0.15, -0.1) is 0 Å². The molecule has 4 rings (SSSR count). The van der Waals surface area contributed by atoms with E-state index in [1.807, 2.05) is 30.1 Å². The average Bonchev–Trinajstić information content (AvgIpc) is 3.67. The molecular weight excluding hydrogens is 404 g/mol. The van der Waals surface area contributed by atoms with Crippen molar-refractivity contribution in [2.24, 2.45) is 11.7 Å². The van der Waals surface area contributed by atoms with E-state index in [-0.39, 0.29) is 11.5 Å². The molecule has 2 fully saturated rings. The van der Waals surface area contributed by atoms with Crippen LogP contribution in [0.15, 0.2) is 47.5 Å². The van der Waals surface area contributed by atoms with Gasteiger partial charge in [0.15, 0.2) is 0 Å². The lowest BCUT2D eigenvalue weighted by Crippen LogP contribution is -2.34. The summed E-state index contributed by atoms with van der Waals surface area (Å²) in [4.78, 5) is 32.0. The van der Waals surface area contributed by atoms with Crippen LogP contribution < -0.4 is 21.9 Å². The van der Waals surface area contributed by atoms with Crippen LogP contribution in [0.3, 0.4) is 0 Å². The molecule has 0 radical (unpaired) electrons. The maximum Gasteiger partial charge on any atom is 0.271 e. The number of hydrogen-bond acceptors (Lipinski definition) is 6. The fraction of sp³-hybridized carbons (Fsp3) is 0.458. The summed E-state index contributed by atoms with van der Waals surface area (Å²) in [5, 5.41) is 6.25. The Kier molecular flexibility index (Phi) is 8.86. The molecule has 1 saturated carbocycles. The highest BCUT2D eigenvalue weighted by Crippen LogP contribution is 2.29. The second kappa shape index (κ2) is 12.0. The lowest BCUT2D eigenvalue weighted by molar-refractivity contribution is -0.126. The Bertz CT molecular complexity index is 961. The lowest BCUT2D eigenvalue weighted by atomic mass is 10.1. The zero-order valence-corrected chi connectivity index (χ0v) is 18.8.